The van der Waals surface area contributed by atoms with E-state index in [0.29, 0.717) is 44.6 Å². The molecule has 1 radical (unpaired) electrons. The van der Waals surface area contributed by atoms with Crippen molar-refractivity contribution in [2.75, 3.05) is 7.11 Å². The molecule has 8 bridgehead atoms. The van der Waals surface area contributed by atoms with Gasteiger partial charge in [-0.25, -0.2) is 4.98 Å². The second-order valence-electron chi connectivity index (χ2n) is 11.7. The maximum atomic E-state index is 14.0. The standard InChI is InChI=1S/C35H36N4O5.Cu/c1-8-19-15(3)22-12-24-17(5)21(10-11-28(40)41)32(38-24)30-31(35(43)44-7)34(42)29-18(6)25(39-33(29)30)14-27-20(9-2)16(4)23(37-27)13-26(19)36-22;/h8,12-14,17,21,31H,1,9-11H2,2-7H3,(H3,36,37,38,39,40,41,42);/q;+2/p-2/t17-,21-,31+;/m0./s1. The Morgan fingerprint density at radius 1 is 1.07 bits per heavy atom. The first kappa shape index (κ1) is 32.1. The zero-order chi connectivity index (χ0) is 31.6. The zero-order valence-corrected chi connectivity index (χ0v) is 26.9. The number of Topliss-reactive ketones (excluding diaryl/α,β-unsaturated/α-hetero) is 1. The summed E-state index contributed by atoms with van der Waals surface area (Å²) in [5, 5.41) is 11.6. The van der Waals surface area contributed by atoms with Gasteiger partial charge >= 0.3 is 24.5 Å². The van der Waals surface area contributed by atoms with Crippen LogP contribution in [-0.2, 0) is 31.4 Å². The predicted molar refractivity (Wildman–Crippen MR) is 167 cm³/mol. The molecule has 10 heteroatoms. The fourth-order valence-corrected chi connectivity index (χ4v) is 6.92. The summed E-state index contributed by atoms with van der Waals surface area (Å²) in [5.41, 5.74) is 10.4. The van der Waals surface area contributed by atoms with Crippen molar-refractivity contribution < 1.29 is 42.7 Å². The minimum atomic E-state index is -1.25. The van der Waals surface area contributed by atoms with E-state index in [-0.39, 0.29) is 37.3 Å². The second-order valence-corrected chi connectivity index (χ2v) is 11.7. The number of hydrogen-bond donors (Lipinski definition) is 0. The molecule has 0 spiro atoms. The van der Waals surface area contributed by atoms with Gasteiger partial charge in [-0.05, 0) is 62.3 Å². The maximum absolute atomic E-state index is 14.0. The summed E-state index contributed by atoms with van der Waals surface area (Å²) < 4.78 is 5.10. The number of ether oxygens (including phenoxy) is 1. The molecule has 6 rings (SSSR count). The van der Waals surface area contributed by atoms with Crippen LogP contribution in [0.4, 0.5) is 0 Å². The average molecular weight is 654 g/mol. The van der Waals surface area contributed by atoms with Crippen LogP contribution in [0.2, 0.25) is 0 Å². The van der Waals surface area contributed by atoms with Crippen LogP contribution in [0.25, 0.3) is 39.3 Å². The number of rotatable bonds is 6. The van der Waals surface area contributed by atoms with Crippen LogP contribution in [-0.4, -0.2) is 34.8 Å². The first-order valence-electron chi connectivity index (χ1n) is 14.8. The minimum absolute atomic E-state index is 0. The van der Waals surface area contributed by atoms with Crippen molar-refractivity contribution in [2.45, 2.75) is 71.6 Å². The van der Waals surface area contributed by atoms with E-state index in [0.717, 1.165) is 45.6 Å². The molecule has 45 heavy (non-hydrogen) atoms. The monoisotopic (exact) mass is 653 g/mol. The summed E-state index contributed by atoms with van der Waals surface area (Å²) in [5.74, 6) is -4.18. The van der Waals surface area contributed by atoms with E-state index in [1.165, 1.54) is 7.11 Å². The van der Waals surface area contributed by atoms with Crippen molar-refractivity contribution in [1.82, 2.24) is 19.9 Å². The van der Waals surface area contributed by atoms with E-state index in [4.69, 9.17) is 24.7 Å². The SMILES string of the molecule is C=Cc1c(C)c2cc3nc(c4c5[n-]c(cc6nc(cc1[n-]2)C(C)=C6CC)c(C)c5C(=O)[C@@H]4C(=O)OC)[C@@H](CCC(=O)[O-])[C@@H]3C.[Cu+2].[H+]. The number of ketones is 1. The van der Waals surface area contributed by atoms with Crippen LogP contribution >= 0.6 is 0 Å². The van der Waals surface area contributed by atoms with Crippen LogP contribution < -0.4 is 15.1 Å². The number of carboxylic acid groups (broad SMARTS) is 1. The number of nitrogens with zero attached hydrogens (tertiary/aromatic N) is 4. The Hall–Kier alpha value is -4.27. The third-order valence-electron chi connectivity index (χ3n) is 9.41. The van der Waals surface area contributed by atoms with Gasteiger partial charge in [-0.15, -0.1) is 22.1 Å². The van der Waals surface area contributed by atoms with Crippen LogP contribution in [0.15, 0.2) is 24.8 Å². The Morgan fingerprint density at radius 2 is 1.76 bits per heavy atom. The number of aryl methyl sites for hydroxylation is 2. The van der Waals surface area contributed by atoms with Gasteiger partial charge in [-0.1, -0.05) is 55.8 Å². The normalized spacial score (nSPS) is 18.6. The number of allylic oxidation sites excluding steroid dienone is 2. The van der Waals surface area contributed by atoms with Gasteiger partial charge in [-0.3, -0.25) is 14.6 Å². The number of methoxy groups -OCH3 is 1. The number of carbonyl (C=O) groups is 3. The zero-order valence-electron chi connectivity index (χ0n) is 27.0. The Bertz CT molecular complexity index is 2010. The Balaban J connectivity index is 0.00000240. The molecule has 3 aromatic heterocycles. The molecular weight excluding hydrogens is 620 g/mol. The molecule has 235 valence electrons. The molecule has 5 heterocycles. The molecule has 1 aliphatic carbocycles. The van der Waals surface area contributed by atoms with Crippen molar-refractivity contribution >= 4 is 57.0 Å². The van der Waals surface area contributed by atoms with Gasteiger partial charge in [0.1, 0.15) is 5.92 Å². The van der Waals surface area contributed by atoms with E-state index in [1.807, 2.05) is 45.9 Å². The molecule has 0 unspecified atom stereocenters. The first-order chi connectivity index (χ1) is 21.0. The largest absolute Gasteiger partial charge is 2.00 e. The summed E-state index contributed by atoms with van der Waals surface area (Å²) in [7, 11) is 1.25. The van der Waals surface area contributed by atoms with Gasteiger partial charge in [0.05, 0.1) is 18.5 Å². The second kappa shape index (κ2) is 11.9. The fourth-order valence-electron chi connectivity index (χ4n) is 6.92. The molecule has 0 N–H and O–H groups in total. The van der Waals surface area contributed by atoms with Gasteiger partial charge in [0.15, 0.2) is 5.78 Å². The van der Waals surface area contributed by atoms with Crippen LogP contribution in [0.5, 0.6) is 0 Å². The van der Waals surface area contributed by atoms with Crippen LogP contribution in [0, 0.1) is 13.8 Å². The molecule has 2 aliphatic heterocycles. The summed E-state index contributed by atoms with van der Waals surface area (Å²) in [6.07, 6.45) is 2.53. The van der Waals surface area contributed by atoms with Gasteiger partial charge < -0.3 is 24.6 Å². The van der Waals surface area contributed by atoms with E-state index in [2.05, 4.69) is 13.5 Å². The molecular formula is C35H34CuN4O5. The quantitative estimate of drug-likeness (QED) is 0.201. The van der Waals surface area contributed by atoms with Gasteiger partial charge in [-0.2, -0.15) is 0 Å². The smallest absolute Gasteiger partial charge is 0.657 e. The molecule has 3 aromatic rings. The summed E-state index contributed by atoms with van der Waals surface area (Å²) >= 11 is 0. The Labute approximate surface area is 273 Å². The molecule has 9 nitrogen and oxygen atoms in total. The number of carbonyl (C=O) groups excluding carboxylic acids is 3. The van der Waals surface area contributed by atoms with Gasteiger partial charge in [0.25, 0.3) is 0 Å². The Kier molecular flexibility index (Phi) is 8.51. The van der Waals surface area contributed by atoms with Crippen molar-refractivity contribution in [3.63, 3.8) is 0 Å². The molecule has 0 fully saturated rings. The molecule has 0 saturated carbocycles. The number of hydrogen-bond acceptors (Lipinski definition) is 7. The number of esters is 1. The maximum Gasteiger partial charge on any atom is 2.00 e. The van der Waals surface area contributed by atoms with Gasteiger partial charge in [0.2, 0.25) is 0 Å². The van der Waals surface area contributed by atoms with Crippen LogP contribution in [0.1, 0.15) is 115 Å². The Morgan fingerprint density at radius 3 is 2.40 bits per heavy atom. The molecule has 0 aromatic carbocycles. The van der Waals surface area contributed by atoms with Crippen molar-refractivity contribution in [3.8, 4) is 0 Å². The first-order valence-corrected chi connectivity index (χ1v) is 14.8. The third kappa shape index (κ3) is 4.96. The number of fused-ring (bicyclic) bond motifs is 8. The van der Waals surface area contributed by atoms with Crippen molar-refractivity contribution in [3.05, 3.63) is 75.4 Å². The molecule has 0 saturated heterocycles. The number of carboxylic acids is 1. The van der Waals surface area contributed by atoms with Crippen molar-refractivity contribution in [2.24, 2.45) is 0 Å². The van der Waals surface area contributed by atoms with Gasteiger partial charge in [0, 0.05) is 34.8 Å². The summed E-state index contributed by atoms with van der Waals surface area (Å²) in [6, 6.07) is 5.76. The number of aromatic nitrogens is 4. The summed E-state index contributed by atoms with van der Waals surface area (Å²) in [6.45, 7) is 13.9. The molecule has 3 atom stereocenters. The van der Waals surface area contributed by atoms with E-state index in [9.17, 15) is 19.5 Å². The van der Waals surface area contributed by atoms with Crippen molar-refractivity contribution in [1.29, 1.82) is 0 Å². The van der Waals surface area contributed by atoms with Crippen LogP contribution in [0.3, 0.4) is 0 Å². The third-order valence-corrected chi connectivity index (χ3v) is 9.41. The number of aliphatic carboxylic acids is 1. The van der Waals surface area contributed by atoms with E-state index < -0.39 is 29.6 Å². The topological polar surface area (TPSA) is 137 Å². The summed E-state index contributed by atoms with van der Waals surface area (Å²) in [4.78, 5) is 58.6. The van der Waals surface area contributed by atoms with E-state index in [1.54, 1.807) is 6.08 Å². The molecule has 0 amide bonds. The molecule has 3 aliphatic rings. The predicted octanol–water partition coefficient (Wildman–Crippen LogP) is 5.15. The average Bonchev–Trinajstić information content (AvgIpc) is 3.72. The minimum Gasteiger partial charge on any atom is -0.657 e. The van der Waals surface area contributed by atoms with E-state index >= 15 is 0 Å². The fraction of sp³-hybridized carbons (Fsp3) is 0.343.